The minimum Gasteiger partial charge on any atom is -0.494 e. The van der Waals surface area contributed by atoms with Gasteiger partial charge < -0.3 is 15.4 Å². The van der Waals surface area contributed by atoms with Crippen molar-refractivity contribution in [3.05, 3.63) is 43.0 Å². The number of imidazole rings is 1. The van der Waals surface area contributed by atoms with Crippen LogP contribution in [-0.4, -0.2) is 42.4 Å². The standard InChI is InChI=1S/C20H20N8O2/c1-27-11-22-18(26-27)13-4-3-5-14(17(13)30-2)23-15-10-16(24-20(29)12-6-7-12)25-28-9-8-21-19(15)28/h3-5,8-12,23H,6-7H2,1-2H3,(H,24,25,29). The minimum absolute atomic E-state index is 0.00582. The molecule has 0 unspecified atom stereocenters. The summed E-state index contributed by atoms with van der Waals surface area (Å²) in [5.41, 5.74) is 2.80. The molecule has 30 heavy (non-hydrogen) atoms. The Labute approximate surface area is 171 Å². The molecule has 10 heteroatoms. The summed E-state index contributed by atoms with van der Waals surface area (Å²) < 4.78 is 8.94. The van der Waals surface area contributed by atoms with E-state index < -0.39 is 0 Å². The number of rotatable bonds is 6. The van der Waals surface area contributed by atoms with Crippen LogP contribution in [0.2, 0.25) is 0 Å². The van der Waals surface area contributed by atoms with E-state index in [2.05, 4.69) is 30.8 Å². The van der Waals surface area contributed by atoms with Gasteiger partial charge in [0, 0.05) is 31.4 Å². The number of carbonyl (C=O) groups excluding carboxylic acids is 1. The largest absolute Gasteiger partial charge is 0.494 e. The second-order valence-corrected chi connectivity index (χ2v) is 7.16. The molecule has 1 saturated carbocycles. The summed E-state index contributed by atoms with van der Waals surface area (Å²) in [5, 5.41) is 15.1. The topological polar surface area (TPSA) is 111 Å². The Balaban J connectivity index is 1.53. The average Bonchev–Trinajstić information content (AvgIpc) is 3.34. The van der Waals surface area contributed by atoms with E-state index >= 15 is 0 Å². The fourth-order valence-corrected chi connectivity index (χ4v) is 3.28. The fourth-order valence-electron chi connectivity index (χ4n) is 3.28. The predicted molar refractivity (Wildman–Crippen MR) is 111 cm³/mol. The first-order valence-electron chi connectivity index (χ1n) is 9.57. The van der Waals surface area contributed by atoms with Crippen molar-refractivity contribution in [3.63, 3.8) is 0 Å². The molecule has 0 saturated heterocycles. The number of ether oxygens (including phenoxy) is 1. The molecule has 0 aliphatic heterocycles. The molecule has 0 radical (unpaired) electrons. The molecule has 0 atom stereocenters. The highest BCUT2D eigenvalue weighted by atomic mass is 16.5. The van der Waals surface area contributed by atoms with E-state index in [0.717, 1.165) is 24.1 Å². The number of anilines is 3. The Hall–Kier alpha value is -3.95. The lowest BCUT2D eigenvalue weighted by atomic mass is 10.1. The molecular weight excluding hydrogens is 384 g/mol. The maximum atomic E-state index is 12.2. The molecule has 5 rings (SSSR count). The molecule has 1 amide bonds. The average molecular weight is 404 g/mol. The number of amides is 1. The lowest BCUT2D eigenvalue weighted by Gasteiger charge is -2.15. The third-order valence-corrected chi connectivity index (χ3v) is 4.89. The lowest BCUT2D eigenvalue weighted by molar-refractivity contribution is -0.117. The van der Waals surface area contributed by atoms with Crippen LogP contribution in [0.1, 0.15) is 12.8 Å². The molecule has 1 aromatic carbocycles. The zero-order valence-corrected chi connectivity index (χ0v) is 16.5. The number of hydrogen-bond donors (Lipinski definition) is 2. The van der Waals surface area contributed by atoms with Crippen molar-refractivity contribution < 1.29 is 9.53 Å². The van der Waals surface area contributed by atoms with E-state index in [0.29, 0.717) is 28.7 Å². The monoisotopic (exact) mass is 404 g/mol. The van der Waals surface area contributed by atoms with E-state index in [4.69, 9.17) is 4.74 Å². The maximum absolute atomic E-state index is 12.2. The number of hydrogen-bond acceptors (Lipinski definition) is 7. The smallest absolute Gasteiger partial charge is 0.228 e. The van der Waals surface area contributed by atoms with Crippen LogP contribution in [0.25, 0.3) is 17.0 Å². The number of nitrogens with zero attached hydrogens (tertiary/aromatic N) is 6. The number of fused-ring (bicyclic) bond motifs is 1. The van der Waals surface area contributed by atoms with Crippen LogP contribution in [0.3, 0.4) is 0 Å². The van der Waals surface area contributed by atoms with Crippen molar-refractivity contribution in [2.75, 3.05) is 17.7 Å². The number of aromatic nitrogens is 6. The highest BCUT2D eigenvalue weighted by molar-refractivity contribution is 5.94. The van der Waals surface area contributed by atoms with Gasteiger partial charge in [-0.2, -0.15) is 5.10 Å². The second-order valence-electron chi connectivity index (χ2n) is 7.16. The molecule has 10 nitrogen and oxygen atoms in total. The minimum atomic E-state index is -0.00582. The summed E-state index contributed by atoms with van der Waals surface area (Å²) in [6, 6.07) is 7.47. The normalized spacial score (nSPS) is 13.4. The molecule has 1 aliphatic carbocycles. The van der Waals surface area contributed by atoms with Gasteiger partial charge in [-0.15, -0.1) is 5.10 Å². The first-order chi connectivity index (χ1) is 14.6. The predicted octanol–water partition coefficient (Wildman–Crippen LogP) is 2.63. The fraction of sp³-hybridized carbons (Fsp3) is 0.250. The summed E-state index contributed by atoms with van der Waals surface area (Å²) >= 11 is 0. The molecular formula is C20H20N8O2. The summed E-state index contributed by atoms with van der Waals surface area (Å²) in [4.78, 5) is 20.9. The van der Waals surface area contributed by atoms with Gasteiger partial charge in [0.25, 0.3) is 0 Å². The number of methoxy groups -OCH3 is 1. The van der Waals surface area contributed by atoms with Crippen molar-refractivity contribution in [1.82, 2.24) is 29.4 Å². The lowest BCUT2D eigenvalue weighted by Crippen LogP contribution is -2.15. The highest BCUT2D eigenvalue weighted by Gasteiger charge is 2.30. The molecule has 1 fully saturated rings. The molecule has 152 valence electrons. The third-order valence-electron chi connectivity index (χ3n) is 4.89. The first-order valence-corrected chi connectivity index (χ1v) is 9.57. The van der Waals surface area contributed by atoms with Crippen molar-refractivity contribution in [1.29, 1.82) is 0 Å². The van der Waals surface area contributed by atoms with Gasteiger partial charge in [0.15, 0.2) is 23.0 Å². The Morgan fingerprint density at radius 2 is 2.07 bits per heavy atom. The van der Waals surface area contributed by atoms with Crippen LogP contribution in [-0.2, 0) is 11.8 Å². The summed E-state index contributed by atoms with van der Waals surface area (Å²) in [7, 11) is 3.42. The van der Waals surface area contributed by atoms with Crippen molar-refractivity contribution in [2.24, 2.45) is 13.0 Å². The Bertz CT molecular complexity index is 1240. The van der Waals surface area contributed by atoms with Crippen LogP contribution in [0.5, 0.6) is 5.75 Å². The SMILES string of the molecule is COc1c(Nc2cc(NC(=O)C3CC3)nn3ccnc23)cccc1-c1ncn(C)n1. The van der Waals surface area contributed by atoms with Crippen LogP contribution >= 0.6 is 0 Å². The number of nitrogens with one attached hydrogen (secondary N) is 2. The van der Waals surface area contributed by atoms with Crippen LogP contribution in [0.4, 0.5) is 17.2 Å². The quantitative estimate of drug-likeness (QED) is 0.508. The van der Waals surface area contributed by atoms with Gasteiger partial charge in [-0.1, -0.05) is 6.07 Å². The molecule has 0 spiro atoms. The molecule has 4 aromatic rings. The molecule has 3 aromatic heterocycles. The number of aryl methyl sites for hydroxylation is 1. The van der Waals surface area contributed by atoms with Gasteiger partial charge in [0.05, 0.1) is 24.0 Å². The highest BCUT2D eigenvalue weighted by Crippen LogP contribution is 2.37. The maximum Gasteiger partial charge on any atom is 0.228 e. The van der Waals surface area contributed by atoms with Crippen LogP contribution in [0, 0.1) is 5.92 Å². The zero-order chi connectivity index (χ0) is 20.7. The van der Waals surface area contributed by atoms with Gasteiger partial charge in [0.2, 0.25) is 5.91 Å². The number of para-hydroxylation sites is 1. The van der Waals surface area contributed by atoms with E-state index in [-0.39, 0.29) is 11.8 Å². The van der Waals surface area contributed by atoms with Gasteiger partial charge >= 0.3 is 0 Å². The Kier molecular flexibility index (Phi) is 4.31. The number of carbonyl (C=O) groups is 1. The Morgan fingerprint density at radius 1 is 1.20 bits per heavy atom. The van der Waals surface area contributed by atoms with E-state index in [1.807, 2.05) is 25.2 Å². The summed E-state index contributed by atoms with van der Waals surface area (Å²) in [6.07, 6.45) is 6.89. The van der Waals surface area contributed by atoms with Crippen molar-refractivity contribution >= 4 is 28.7 Å². The van der Waals surface area contributed by atoms with Crippen molar-refractivity contribution in [3.8, 4) is 17.1 Å². The molecule has 3 heterocycles. The Morgan fingerprint density at radius 3 is 2.80 bits per heavy atom. The van der Waals surface area contributed by atoms with E-state index in [9.17, 15) is 4.79 Å². The second kappa shape index (κ2) is 7.14. The van der Waals surface area contributed by atoms with Gasteiger partial charge in [-0.05, 0) is 25.0 Å². The van der Waals surface area contributed by atoms with E-state index in [1.54, 1.807) is 41.1 Å². The first kappa shape index (κ1) is 18.1. The summed E-state index contributed by atoms with van der Waals surface area (Å²) in [5.74, 6) is 1.71. The number of benzene rings is 1. The zero-order valence-electron chi connectivity index (χ0n) is 16.5. The van der Waals surface area contributed by atoms with Crippen LogP contribution in [0.15, 0.2) is 43.0 Å². The molecule has 1 aliphatic rings. The van der Waals surface area contributed by atoms with Gasteiger partial charge in [-0.3, -0.25) is 9.48 Å². The van der Waals surface area contributed by atoms with Gasteiger partial charge in [0.1, 0.15) is 6.33 Å². The molecule has 0 bridgehead atoms. The van der Waals surface area contributed by atoms with Crippen molar-refractivity contribution in [2.45, 2.75) is 12.8 Å². The van der Waals surface area contributed by atoms with Crippen LogP contribution < -0.4 is 15.4 Å². The summed E-state index contributed by atoms with van der Waals surface area (Å²) in [6.45, 7) is 0. The van der Waals surface area contributed by atoms with Gasteiger partial charge in [-0.25, -0.2) is 14.5 Å². The molecule has 2 N–H and O–H groups in total. The van der Waals surface area contributed by atoms with E-state index in [1.165, 1.54) is 0 Å². The third kappa shape index (κ3) is 3.32.